The minimum atomic E-state index is -5.20. The summed E-state index contributed by atoms with van der Waals surface area (Å²) in [5.41, 5.74) is -0.611. The lowest BCUT2D eigenvalue weighted by Crippen LogP contribution is -2.71. The van der Waals surface area contributed by atoms with E-state index in [0.29, 0.717) is 22.5 Å². The molecular formula is C29H25F3N10O9S3. The van der Waals surface area contributed by atoms with Crippen LogP contribution in [-0.4, -0.2) is 117 Å². The predicted octanol–water partition coefficient (Wildman–Crippen LogP) is 1.73. The Morgan fingerprint density at radius 2 is 1.91 bits per heavy atom. The fraction of sp³-hybridized carbons (Fsp3) is 0.276. The number of halogens is 3. The third kappa shape index (κ3) is 9.39. The molecule has 2 aliphatic rings. The Kier molecular flexibility index (Phi) is 12.6. The number of carbonyl (C=O) groups is 5. The van der Waals surface area contributed by atoms with Gasteiger partial charge in [0.25, 0.3) is 11.8 Å². The fourth-order valence-electron chi connectivity index (χ4n) is 4.56. The van der Waals surface area contributed by atoms with Crippen LogP contribution in [0, 0.1) is 0 Å². The summed E-state index contributed by atoms with van der Waals surface area (Å²) < 4.78 is 39.5. The monoisotopic (exact) mass is 810 g/mol. The number of hydrogen-bond acceptors (Lipinski definition) is 16. The van der Waals surface area contributed by atoms with E-state index in [4.69, 9.17) is 9.68 Å². The Bertz CT molecular complexity index is 2040. The highest BCUT2D eigenvalue weighted by Crippen LogP contribution is 2.41. The topological polar surface area (TPSA) is 253 Å². The molecular weight excluding hydrogens is 786 g/mol. The number of nitrogens with zero attached hydrogens (tertiary/aromatic N) is 8. The van der Waals surface area contributed by atoms with E-state index in [9.17, 15) is 47.4 Å². The first-order valence-corrected chi connectivity index (χ1v) is 17.9. The molecule has 2 atom stereocenters. The maximum absolute atomic E-state index is 13.5. The van der Waals surface area contributed by atoms with Crippen LogP contribution < -0.4 is 10.6 Å². The minimum Gasteiger partial charge on any atom is -0.477 e. The number of tetrazole rings is 1. The highest BCUT2D eigenvalue weighted by atomic mass is 32.2. The largest absolute Gasteiger partial charge is 0.477 e. The summed E-state index contributed by atoms with van der Waals surface area (Å²) >= 11 is 2.69. The molecule has 1 aromatic carbocycles. The molecule has 2 aliphatic heterocycles. The molecule has 1 fully saturated rings. The average molecular weight is 811 g/mol. The van der Waals surface area contributed by atoms with Crippen LogP contribution in [0.2, 0.25) is 0 Å². The molecule has 284 valence electrons. The van der Waals surface area contributed by atoms with Gasteiger partial charge in [-0.1, -0.05) is 65.1 Å². The zero-order valence-electron chi connectivity index (χ0n) is 27.1. The van der Waals surface area contributed by atoms with Crippen LogP contribution in [0.15, 0.2) is 75.1 Å². The Morgan fingerprint density at radius 3 is 2.59 bits per heavy atom. The molecule has 1 saturated heterocycles. The number of benzene rings is 1. The van der Waals surface area contributed by atoms with Crippen LogP contribution in [0.4, 0.5) is 18.3 Å². The van der Waals surface area contributed by atoms with Crippen LogP contribution in [-0.2, 0) is 46.8 Å². The third-order valence-electron chi connectivity index (χ3n) is 6.99. The first-order valence-electron chi connectivity index (χ1n) is 15.0. The van der Waals surface area contributed by atoms with Gasteiger partial charge in [-0.15, -0.1) is 28.2 Å². The van der Waals surface area contributed by atoms with Crippen molar-refractivity contribution in [2.45, 2.75) is 35.9 Å². The molecule has 0 aliphatic carbocycles. The Balaban J connectivity index is 1.30. The van der Waals surface area contributed by atoms with Gasteiger partial charge in [0, 0.05) is 16.9 Å². The van der Waals surface area contributed by atoms with E-state index in [-0.39, 0.29) is 47.8 Å². The summed E-state index contributed by atoms with van der Waals surface area (Å²) in [4.78, 5) is 77.4. The normalized spacial score (nSPS) is 17.3. The van der Waals surface area contributed by atoms with Gasteiger partial charge in [-0.25, -0.2) is 19.3 Å². The highest BCUT2D eigenvalue weighted by molar-refractivity contribution is 8.01. The summed E-state index contributed by atoms with van der Waals surface area (Å²) in [5, 5.41) is 42.0. The van der Waals surface area contributed by atoms with Gasteiger partial charge in [0.1, 0.15) is 36.0 Å². The van der Waals surface area contributed by atoms with Gasteiger partial charge in [-0.3, -0.25) is 24.6 Å². The van der Waals surface area contributed by atoms with Crippen molar-refractivity contribution < 1.29 is 57.0 Å². The summed E-state index contributed by atoms with van der Waals surface area (Å²) in [5.74, 6) is -6.85. The number of thioether (sulfide) groups is 2. The van der Waals surface area contributed by atoms with Crippen LogP contribution in [0.5, 0.6) is 0 Å². The molecule has 0 spiro atoms. The minimum absolute atomic E-state index is 0.0262. The summed E-state index contributed by atoms with van der Waals surface area (Å²) in [6, 6.07) is 7.38. The van der Waals surface area contributed by atoms with Gasteiger partial charge in [-0.05, 0) is 21.6 Å². The van der Waals surface area contributed by atoms with Crippen molar-refractivity contribution in [3.05, 3.63) is 70.9 Å². The molecule has 4 N–H and O–H groups in total. The third-order valence-corrected chi connectivity index (χ3v) is 10.1. The van der Waals surface area contributed by atoms with Crippen molar-refractivity contribution >= 4 is 81.1 Å². The van der Waals surface area contributed by atoms with Gasteiger partial charge in [0.2, 0.25) is 5.16 Å². The molecule has 19 nitrogen and oxygen atoms in total. The van der Waals surface area contributed by atoms with E-state index >= 15 is 0 Å². The number of nitrogens with one attached hydrogen (secondary N) is 2. The molecule has 0 bridgehead atoms. The van der Waals surface area contributed by atoms with E-state index in [2.05, 4.69) is 42.7 Å². The summed E-state index contributed by atoms with van der Waals surface area (Å²) in [6.45, 7) is 2.89. The number of carbonyl (C=O) groups excluding carboxylic acids is 3. The van der Waals surface area contributed by atoms with Crippen molar-refractivity contribution in [2.75, 3.05) is 23.4 Å². The van der Waals surface area contributed by atoms with E-state index in [1.54, 1.807) is 35.6 Å². The van der Waals surface area contributed by atoms with E-state index in [1.165, 1.54) is 6.08 Å². The molecule has 4 heterocycles. The van der Waals surface area contributed by atoms with Gasteiger partial charge >= 0.3 is 24.0 Å². The lowest BCUT2D eigenvalue weighted by atomic mass is 10.0. The molecule has 2 aromatic heterocycles. The molecule has 5 rings (SSSR count). The van der Waals surface area contributed by atoms with E-state index < -0.39 is 63.8 Å². The number of thiazole rings is 1. The number of carboxylic acid groups (broad SMARTS) is 2. The first kappa shape index (κ1) is 39.4. The smallest absolute Gasteiger partial charge is 0.471 e. The number of oxime groups is 2. The molecule has 0 radical (unpaired) electrons. The number of alkyl halides is 3. The number of aromatic nitrogens is 5. The molecule has 25 heteroatoms. The van der Waals surface area contributed by atoms with Crippen molar-refractivity contribution in [2.24, 2.45) is 10.3 Å². The molecule has 3 aromatic rings. The lowest BCUT2D eigenvalue weighted by Gasteiger charge is -2.49. The maximum Gasteiger partial charge on any atom is 0.471 e. The van der Waals surface area contributed by atoms with Gasteiger partial charge in [0.05, 0.1) is 6.54 Å². The summed E-state index contributed by atoms with van der Waals surface area (Å²) in [7, 11) is 0. The second-order valence-corrected chi connectivity index (χ2v) is 13.5. The number of fused-ring (bicyclic) bond motifs is 1. The maximum atomic E-state index is 13.5. The number of aliphatic carboxylic acids is 2. The zero-order chi connectivity index (χ0) is 39.0. The van der Waals surface area contributed by atoms with Crippen LogP contribution >= 0.6 is 34.9 Å². The van der Waals surface area contributed by atoms with Gasteiger partial charge in [-0.2, -0.15) is 13.2 Å². The van der Waals surface area contributed by atoms with Crippen LogP contribution in [0.3, 0.4) is 0 Å². The Labute approximate surface area is 313 Å². The molecule has 0 saturated carbocycles. The fourth-order valence-corrected chi connectivity index (χ4v) is 7.61. The predicted molar refractivity (Wildman–Crippen MR) is 184 cm³/mol. The lowest BCUT2D eigenvalue weighted by molar-refractivity contribution is -0.167. The Morgan fingerprint density at radius 1 is 1.15 bits per heavy atom. The van der Waals surface area contributed by atoms with Crippen molar-refractivity contribution in [3.8, 4) is 0 Å². The number of amides is 3. The zero-order valence-corrected chi connectivity index (χ0v) is 29.6. The van der Waals surface area contributed by atoms with Crippen LogP contribution in [0.25, 0.3) is 0 Å². The molecule has 3 amide bonds. The van der Waals surface area contributed by atoms with Gasteiger partial charge in [0.15, 0.2) is 16.6 Å². The number of carboxylic acids is 2. The SMILES string of the molecule is C=CCO/N=C(/Cn1nnnc1SCC1=C(C(=O)O)N2C(=O)C(NC(=O)/C(=N/OCc3ccccc3)c3csc(NC(=O)C(F)(F)F)n3)C2SC1)C(=O)O. The van der Waals surface area contributed by atoms with Crippen LogP contribution in [0.1, 0.15) is 11.3 Å². The number of rotatable bonds is 17. The van der Waals surface area contributed by atoms with Crippen molar-refractivity contribution in [1.29, 1.82) is 0 Å². The molecule has 54 heavy (non-hydrogen) atoms. The van der Waals surface area contributed by atoms with Crippen molar-refractivity contribution in [1.82, 2.24) is 35.4 Å². The Hall–Kier alpha value is -5.82. The first-order chi connectivity index (χ1) is 25.8. The number of anilines is 1. The average Bonchev–Trinajstić information content (AvgIpc) is 3.79. The second kappa shape index (κ2) is 17.3. The number of hydrogen-bond donors (Lipinski definition) is 4. The van der Waals surface area contributed by atoms with Crippen molar-refractivity contribution in [3.63, 3.8) is 0 Å². The molecule has 2 unspecified atom stereocenters. The van der Waals surface area contributed by atoms with E-state index in [0.717, 1.165) is 38.5 Å². The quantitative estimate of drug-likeness (QED) is 0.0378. The van der Waals surface area contributed by atoms with Gasteiger partial charge < -0.3 is 25.2 Å². The summed E-state index contributed by atoms with van der Waals surface area (Å²) in [6.07, 6.45) is -3.84. The number of β-lactam (4-membered cyclic amide) rings is 1. The highest BCUT2D eigenvalue weighted by Gasteiger charge is 2.54. The van der Waals surface area contributed by atoms with E-state index in [1.807, 2.05) is 0 Å². The standard InChI is InChI=1S/C29H25F3N10O9S3/c1-2-8-50-37-16(24(45)46)9-41-28(36-39-40-41)54-12-15-11-52-23-19(22(44)42(23)20(15)25(47)48)34-21(43)18(38-51-10-14-6-4-3-5-7-14)17-13-53-27(33-17)35-26(49)29(30,31)32/h2-7,13,19,23H,1,8-12H2,(H,34,43)(H,45,46)(H,47,48)(H,33,35,49)/b37-16-,38-18+. The second-order valence-electron chi connectivity index (χ2n) is 10.6.